The van der Waals surface area contributed by atoms with Gasteiger partial charge < -0.3 is 10.4 Å². The maximum atomic E-state index is 13.4. The zero-order valence-electron chi connectivity index (χ0n) is 10.2. The maximum absolute atomic E-state index is 13.4. The zero-order chi connectivity index (χ0) is 14.7. The van der Waals surface area contributed by atoms with Crippen LogP contribution in [0.2, 0.25) is 5.02 Å². The van der Waals surface area contributed by atoms with Crippen molar-refractivity contribution in [2.75, 3.05) is 11.9 Å². The van der Waals surface area contributed by atoms with Gasteiger partial charge in [-0.05, 0) is 29.8 Å². The van der Waals surface area contributed by atoms with Gasteiger partial charge in [-0.25, -0.2) is 13.2 Å². The third-order valence-corrected chi connectivity index (χ3v) is 3.03. The van der Waals surface area contributed by atoms with E-state index in [9.17, 15) is 18.3 Å². The quantitative estimate of drug-likeness (QED) is 0.839. The molecule has 0 amide bonds. The van der Waals surface area contributed by atoms with Gasteiger partial charge in [-0.15, -0.1) is 0 Å². The molecule has 2 nitrogen and oxygen atoms in total. The van der Waals surface area contributed by atoms with Crippen molar-refractivity contribution in [3.8, 4) is 0 Å². The molecule has 0 aliphatic heterocycles. The molecule has 0 aliphatic carbocycles. The first-order chi connectivity index (χ1) is 9.49. The van der Waals surface area contributed by atoms with Crippen LogP contribution >= 0.6 is 11.6 Å². The number of aliphatic hydroxyl groups excluding tert-OH is 1. The summed E-state index contributed by atoms with van der Waals surface area (Å²) in [6.07, 6.45) is -0.931. The number of aliphatic hydroxyl groups is 1. The second-order valence-corrected chi connectivity index (χ2v) is 4.61. The van der Waals surface area contributed by atoms with Gasteiger partial charge in [0, 0.05) is 11.6 Å². The Balaban J connectivity index is 2.05. The molecule has 1 atom stereocenters. The van der Waals surface area contributed by atoms with Gasteiger partial charge in [0.25, 0.3) is 0 Å². The van der Waals surface area contributed by atoms with Crippen LogP contribution in [0.1, 0.15) is 11.7 Å². The van der Waals surface area contributed by atoms with Crippen molar-refractivity contribution >= 4 is 17.3 Å². The summed E-state index contributed by atoms with van der Waals surface area (Å²) >= 11 is 5.72. The van der Waals surface area contributed by atoms with Crippen LogP contribution in [0, 0.1) is 17.5 Å². The van der Waals surface area contributed by atoms with Gasteiger partial charge in [0.05, 0.1) is 11.8 Å². The Hall–Kier alpha value is -1.72. The third-order valence-electron chi connectivity index (χ3n) is 2.78. The molecular formula is C14H11ClF3NO. The fourth-order valence-electron chi connectivity index (χ4n) is 1.67. The van der Waals surface area contributed by atoms with Crippen LogP contribution in [0.4, 0.5) is 18.9 Å². The normalized spacial score (nSPS) is 12.2. The van der Waals surface area contributed by atoms with Crippen molar-refractivity contribution in [1.82, 2.24) is 0 Å². The van der Waals surface area contributed by atoms with Gasteiger partial charge in [-0.2, -0.15) is 0 Å². The summed E-state index contributed by atoms with van der Waals surface area (Å²) in [5.41, 5.74) is 0.363. The summed E-state index contributed by atoms with van der Waals surface area (Å²) in [4.78, 5) is 0. The minimum absolute atomic E-state index is 0.0520. The van der Waals surface area contributed by atoms with Crippen LogP contribution in [0.5, 0.6) is 0 Å². The van der Waals surface area contributed by atoms with E-state index in [0.717, 1.165) is 12.1 Å². The summed E-state index contributed by atoms with van der Waals surface area (Å²) < 4.78 is 39.2. The number of anilines is 1. The highest BCUT2D eigenvalue weighted by Crippen LogP contribution is 2.21. The smallest absolute Gasteiger partial charge is 0.196 e. The molecule has 2 aromatic carbocycles. The average molecular weight is 302 g/mol. The number of hydrogen-bond acceptors (Lipinski definition) is 2. The zero-order valence-corrected chi connectivity index (χ0v) is 11.0. The highest BCUT2D eigenvalue weighted by atomic mass is 35.5. The number of halogens is 4. The Kier molecular flexibility index (Phi) is 4.52. The van der Waals surface area contributed by atoms with E-state index in [0.29, 0.717) is 10.6 Å². The summed E-state index contributed by atoms with van der Waals surface area (Å²) in [6, 6.07) is 8.35. The molecule has 0 spiro atoms. The first-order valence-electron chi connectivity index (χ1n) is 5.80. The van der Waals surface area contributed by atoms with Gasteiger partial charge in [-0.1, -0.05) is 23.7 Å². The van der Waals surface area contributed by atoms with Crippen LogP contribution in [0.15, 0.2) is 36.4 Å². The van der Waals surface area contributed by atoms with Gasteiger partial charge in [0.15, 0.2) is 17.5 Å². The molecule has 0 saturated heterocycles. The van der Waals surface area contributed by atoms with Crippen LogP contribution < -0.4 is 5.32 Å². The fraction of sp³-hybridized carbons (Fsp3) is 0.143. The minimum atomic E-state index is -1.55. The van der Waals surface area contributed by atoms with Crippen molar-refractivity contribution in [2.45, 2.75) is 6.10 Å². The number of nitrogens with one attached hydrogen (secondary N) is 1. The van der Waals surface area contributed by atoms with E-state index in [-0.39, 0.29) is 12.2 Å². The molecule has 0 aromatic heterocycles. The SMILES string of the molecule is OC(CNc1ccc(F)c(F)c1F)c1ccc(Cl)cc1. The summed E-state index contributed by atoms with van der Waals surface area (Å²) in [7, 11) is 0. The molecule has 106 valence electrons. The predicted octanol–water partition coefficient (Wildman–Crippen LogP) is 3.90. The molecular weight excluding hydrogens is 291 g/mol. The Bertz CT molecular complexity index is 604. The predicted molar refractivity (Wildman–Crippen MR) is 71.2 cm³/mol. The van der Waals surface area contributed by atoms with Crippen molar-refractivity contribution < 1.29 is 18.3 Å². The topological polar surface area (TPSA) is 32.3 Å². The summed E-state index contributed by atoms with van der Waals surface area (Å²) in [5.74, 6) is -4.12. The Labute approximate surface area is 118 Å². The van der Waals surface area contributed by atoms with Crippen molar-refractivity contribution in [3.05, 3.63) is 64.4 Å². The Morgan fingerprint density at radius 2 is 1.65 bits per heavy atom. The van der Waals surface area contributed by atoms with E-state index in [4.69, 9.17) is 11.6 Å². The molecule has 0 radical (unpaired) electrons. The van der Waals surface area contributed by atoms with Crippen LogP contribution in [0.3, 0.4) is 0 Å². The van der Waals surface area contributed by atoms with Crippen molar-refractivity contribution in [1.29, 1.82) is 0 Å². The lowest BCUT2D eigenvalue weighted by molar-refractivity contribution is 0.191. The number of rotatable bonds is 4. The highest BCUT2D eigenvalue weighted by molar-refractivity contribution is 6.30. The minimum Gasteiger partial charge on any atom is -0.387 e. The molecule has 0 bridgehead atoms. The number of hydrogen-bond donors (Lipinski definition) is 2. The van der Waals surface area contributed by atoms with Gasteiger partial charge >= 0.3 is 0 Å². The Morgan fingerprint density at radius 3 is 2.30 bits per heavy atom. The third kappa shape index (κ3) is 3.23. The van der Waals surface area contributed by atoms with Gasteiger partial charge in [0.1, 0.15) is 0 Å². The van der Waals surface area contributed by atoms with E-state index < -0.39 is 23.6 Å². The lowest BCUT2D eigenvalue weighted by Crippen LogP contribution is -2.13. The maximum Gasteiger partial charge on any atom is 0.196 e. The van der Waals surface area contributed by atoms with Crippen molar-refractivity contribution in [2.24, 2.45) is 0 Å². The molecule has 2 rings (SSSR count). The van der Waals surface area contributed by atoms with Gasteiger partial charge in [-0.3, -0.25) is 0 Å². The standard InChI is InChI=1S/C14H11ClF3NO/c15-9-3-1-8(2-4-9)12(20)7-19-11-6-5-10(16)13(17)14(11)18/h1-6,12,19-20H,7H2. The molecule has 6 heteroatoms. The van der Waals surface area contributed by atoms with E-state index in [2.05, 4.69) is 5.32 Å². The molecule has 1 unspecified atom stereocenters. The van der Waals surface area contributed by atoms with E-state index in [1.165, 1.54) is 0 Å². The summed E-state index contributed by atoms with van der Waals surface area (Å²) in [6.45, 7) is -0.0520. The van der Waals surface area contributed by atoms with Crippen LogP contribution in [0.25, 0.3) is 0 Å². The molecule has 20 heavy (non-hydrogen) atoms. The summed E-state index contributed by atoms with van der Waals surface area (Å²) in [5, 5.41) is 12.9. The first-order valence-corrected chi connectivity index (χ1v) is 6.17. The largest absolute Gasteiger partial charge is 0.387 e. The van der Waals surface area contributed by atoms with Gasteiger partial charge in [0.2, 0.25) is 0 Å². The van der Waals surface area contributed by atoms with Crippen LogP contribution in [-0.2, 0) is 0 Å². The fourth-order valence-corrected chi connectivity index (χ4v) is 1.80. The molecule has 2 N–H and O–H groups in total. The first kappa shape index (κ1) is 14.7. The molecule has 0 fully saturated rings. The molecule has 2 aromatic rings. The number of benzene rings is 2. The van der Waals surface area contributed by atoms with E-state index in [1.807, 2.05) is 0 Å². The lowest BCUT2D eigenvalue weighted by Gasteiger charge is -2.14. The van der Waals surface area contributed by atoms with Crippen LogP contribution in [-0.4, -0.2) is 11.7 Å². The highest BCUT2D eigenvalue weighted by Gasteiger charge is 2.14. The Morgan fingerprint density at radius 1 is 1.00 bits per heavy atom. The lowest BCUT2D eigenvalue weighted by atomic mass is 10.1. The molecule has 0 aliphatic rings. The van der Waals surface area contributed by atoms with E-state index in [1.54, 1.807) is 24.3 Å². The monoisotopic (exact) mass is 301 g/mol. The second-order valence-electron chi connectivity index (χ2n) is 4.17. The molecule has 0 heterocycles. The average Bonchev–Trinajstić information content (AvgIpc) is 2.44. The second kappa shape index (κ2) is 6.15. The van der Waals surface area contributed by atoms with Crippen molar-refractivity contribution in [3.63, 3.8) is 0 Å². The molecule has 0 saturated carbocycles. The van der Waals surface area contributed by atoms with E-state index >= 15 is 0 Å².